The maximum Gasteiger partial charge on any atom is 0.235 e. The van der Waals surface area contributed by atoms with E-state index in [9.17, 15) is 9.59 Å². The first-order valence-corrected chi connectivity index (χ1v) is 12.4. The van der Waals surface area contributed by atoms with Gasteiger partial charge in [-0.3, -0.25) is 14.5 Å². The van der Waals surface area contributed by atoms with Crippen molar-refractivity contribution in [1.82, 2.24) is 9.88 Å². The average molecular weight is 438 g/mol. The Morgan fingerprint density at radius 3 is 2.67 bits per heavy atom. The molecule has 7 heteroatoms. The minimum absolute atomic E-state index is 0.00700. The number of hydrogen-bond acceptors (Lipinski definition) is 6. The number of nitrogens with zero attached hydrogens (tertiary/aromatic N) is 2. The first-order chi connectivity index (χ1) is 14.7. The van der Waals surface area contributed by atoms with E-state index in [1.165, 1.54) is 24.2 Å². The van der Waals surface area contributed by atoms with E-state index in [1.807, 2.05) is 23.9 Å². The molecule has 5 nitrogen and oxygen atoms in total. The lowest BCUT2D eigenvalue weighted by atomic mass is 9.85. The number of anilines is 1. The van der Waals surface area contributed by atoms with Crippen LogP contribution in [0.4, 0.5) is 5.69 Å². The van der Waals surface area contributed by atoms with Crippen LogP contribution in [-0.4, -0.2) is 33.6 Å². The van der Waals surface area contributed by atoms with E-state index in [-0.39, 0.29) is 42.2 Å². The third-order valence-electron chi connectivity index (χ3n) is 6.83. The Kier molecular flexibility index (Phi) is 4.49. The van der Waals surface area contributed by atoms with Crippen LogP contribution in [0.1, 0.15) is 25.7 Å². The Morgan fingerprint density at radius 2 is 1.93 bits per heavy atom. The van der Waals surface area contributed by atoms with Gasteiger partial charge in [0, 0.05) is 10.9 Å². The molecule has 3 aliphatic carbocycles. The lowest BCUT2D eigenvalue weighted by molar-refractivity contribution is -0.140. The molecule has 1 aromatic carbocycles. The van der Waals surface area contributed by atoms with E-state index in [0.29, 0.717) is 5.25 Å². The number of allylic oxidation sites excluding steroid dienone is 3. The van der Waals surface area contributed by atoms with Crippen LogP contribution in [0.15, 0.2) is 46.8 Å². The quantitative estimate of drug-likeness (QED) is 0.544. The van der Waals surface area contributed by atoms with Crippen molar-refractivity contribution in [3.05, 3.63) is 42.5 Å². The maximum atomic E-state index is 12.8. The van der Waals surface area contributed by atoms with E-state index >= 15 is 0 Å². The molecule has 30 heavy (non-hydrogen) atoms. The van der Waals surface area contributed by atoms with Gasteiger partial charge in [-0.1, -0.05) is 36.1 Å². The van der Waals surface area contributed by atoms with Crippen molar-refractivity contribution in [3.63, 3.8) is 0 Å². The van der Waals surface area contributed by atoms with Gasteiger partial charge < -0.3 is 5.32 Å². The highest BCUT2D eigenvalue weighted by Crippen LogP contribution is 2.52. The predicted octanol–water partition coefficient (Wildman–Crippen LogP) is 4.67. The lowest BCUT2D eigenvalue weighted by Crippen LogP contribution is -2.37. The molecule has 4 aliphatic rings. The van der Waals surface area contributed by atoms with Gasteiger partial charge in [-0.25, -0.2) is 4.98 Å². The number of nitrogens with one attached hydrogen (secondary N) is 1. The fourth-order valence-electron chi connectivity index (χ4n) is 5.36. The van der Waals surface area contributed by atoms with Crippen molar-refractivity contribution < 1.29 is 9.59 Å². The second-order valence-corrected chi connectivity index (χ2v) is 11.1. The number of hydrogen-bond donors (Lipinski definition) is 1. The maximum absolute atomic E-state index is 12.8. The molecule has 0 spiro atoms. The van der Waals surface area contributed by atoms with Crippen molar-refractivity contribution in [3.8, 4) is 0 Å². The summed E-state index contributed by atoms with van der Waals surface area (Å²) in [5.74, 6) is 0.230. The minimum Gasteiger partial charge on any atom is -0.367 e. The molecule has 1 aliphatic heterocycles. The molecule has 6 rings (SSSR count). The van der Waals surface area contributed by atoms with Crippen LogP contribution in [0.5, 0.6) is 0 Å². The Labute approximate surface area is 183 Å². The van der Waals surface area contributed by atoms with Crippen molar-refractivity contribution >= 4 is 50.8 Å². The Balaban J connectivity index is 1.14. The largest absolute Gasteiger partial charge is 0.367 e. The molecule has 5 unspecified atom stereocenters. The molecule has 2 aromatic rings. The first kappa shape index (κ1) is 18.6. The predicted molar refractivity (Wildman–Crippen MR) is 120 cm³/mol. The van der Waals surface area contributed by atoms with Crippen LogP contribution in [0, 0.1) is 23.7 Å². The molecule has 2 amide bonds. The van der Waals surface area contributed by atoms with Gasteiger partial charge in [-0.15, -0.1) is 11.3 Å². The van der Waals surface area contributed by atoms with Gasteiger partial charge in [0.1, 0.15) is 0 Å². The molecule has 2 heterocycles. The van der Waals surface area contributed by atoms with Crippen LogP contribution in [0.25, 0.3) is 10.2 Å². The summed E-state index contributed by atoms with van der Waals surface area (Å²) in [6.45, 7) is 0.239. The summed E-state index contributed by atoms with van der Waals surface area (Å²) in [5.41, 5.74) is 1.91. The van der Waals surface area contributed by atoms with Gasteiger partial charge in [0.15, 0.2) is 4.34 Å². The van der Waals surface area contributed by atoms with Crippen molar-refractivity contribution in [2.75, 3.05) is 12.0 Å². The standard InChI is InChI=1S/C23H23N3O2S2/c27-21-19-13-6-7-14(10-13)20(19)22(28)26(21)12-24-15-8-9-17-18(11-15)30-23(25-17)29-16-4-2-1-3-5-16/h2,4,6-9,11,13-14,16,19-20,24H,1,3,5,10,12H2. The monoisotopic (exact) mass is 437 g/mol. The number of fused-ring (bicyclic) bond motifs is 6. The molecule has 154 valence electrons. The fourth-order valence-corrected chi connectivity index (χ4v) is 7.82. The lowest BCUT2D eigenvalue weighted by Gasteiger charge is -2.18. The molecule has 2 fully saturated rings. The average Bonchev–Trinajstić information content (AvgIpc) is 3.51. The number of imide groups is 1. The summed E-state index contributed by atoms with van der Waals surface area (Å²) in [6.07, 6.45) is 13.4. The van der Waals surface area contributed by atoms with Gasteiger partial charge in [0.25, 0.3) is 0 Å². The highest BCUT2D eigenvalue weighted by Gasteiger charge is 2.59. The summed E-state index contributed by atoms with van der Waals surface area (Å²) in [4.78, 5) is 31.8. The van der Waals surface area contributed by atoms with Crippen LogP contribution in [0.2, 0.25) is 0 Å². The number of carbonyl (C=O) groups excluding carboxylic acids is 2. The third kappa shape index (κ3) is 3.02. The topological polar surface area (TPSA) is 62.3 Å². The van der Waals surface area contributed by atoms with Gasteiger partial charge in [0.2, 0.25) is 11.8 Å². The molecular weight excluding hydrogens is 414 g/mol. The highest BCUT2D eigenvalue weighted by atomic mass is 32.2. The molecule has 1 saturated carbocycles. The van der Waals surface area contributed by atoms with E-state index in [0.717, 1.165) is 26.7 Å². The van der Waals surface area contributed by atoms with E-state index in [2.05, 4.69) is 35.7 Å². The van der Waals surface area contributed by atoms with E-state index in [1.54, 1.807) is 11.3 Å². The van der Waals surface area contributed by atoms with Crippen LogP contribution >= 0.6 is 23.1 Å². The number of carbonyl (C=O) groups is 2. The van der Waals surface area contributed by atoms with Crippen molar-refractivity contribution in [1.29, 1.82) is 0 Å². The number of likely N-dealkylation sites (tertiary alicyclic amines) is 1. The molecule has 1 aromatic heterocycles. The van der Waals surface area contributed by atoms with E-state index < -0.39 is 0 Å². The number of thioether (sulfide) groups is 1. The summed E-state index contributed by atoms with van der Waals surface area (Å²) in [7, 11) is 0. The molecular formula is C23H23N3O2S2. The van der Waals surface area contributed by atoms with Crippen LogP contribution < -0.4 is 5.32 Å². The Morgan fingerprint density at radius 1 is 1.13 bits per heavy atom. The second-order valence-electron chi connectivity index (χ2n) is 8.62. The minimum atomic E-state index is -0.133. The third-order valence-corrected chi connectivity index (χ3v) is 9.17. The number of aromatic nitrogens is 1. The molecule has 5 atom stereocenters. The fraction of sp³-hybridized carbons (Fsp3) is 0.435. The zero-order chi connectivity index (χ0) is 20.2. The Hall–Kier alpha value is -2.12. The normalized spacial score (nSPS) is 31.9. The molecule has 2 bridgehead atoms. The summed E-state index contributed by atoms with van der Waals surface area (Å²) < 4.78 is 2.22. The van der Waals surface area contributed by atoms with Crippen molar-refractivity contribution in [2.45, 2.75) is 35.3 Å². The van der Waals surface area contributed by atoms with Crippen LogP contribution in [-0.2, 0) is 9.59 Å². The summed E-state index contributed by atoms with van der Waals surface area (Å²) >= 11 is 3.55. The number of amides is 2. The zero-order valence-corrected chi connectivity index (χ0v) is 18.1. The first-order valence-electron chi connectivity index (χ1n) is 10.7. The van der Waals surface area contributed by atoms with E-state index in [4.69, 9.17) is 4.98 Å². The number of thiazole rings is 1. The van der Waals surface area contributed by atoms with Crippen LogP contribution in [0.3, 0.4) is 0 Å². The highest BCUT2D eigenvalue weighted by molar-refractivity contribution is 8.01. The Bertz CT molecular complexity index is 1060. The summed E-state index contributed by atoms with van der Waals surface area (Å²) in [6, 6.07) is 6.07. The van der Waals surface area contributed by atoms with Gasteiger partial charge >= 0.3 is 0 Å². The molecule has 1 saturated heterocycles. The SMILES string of the molecule is O=C1C2C3C=CC(C3)C2C(=O)N1CNc1ccc2nc(SC3C=CCCC3)sc2c1. The number of rotatable bonds is 5. The van der Waals surface area contributed by atoms with Gasteiger partial charge in [-0.2, -0.15) is 0 Å². The second kappa shape index (κ2) is 7.24. The van der Waals surface area contributed by atoms with Gasteiger partial charge in [-0.05, 0) is 55.7 Å². The molecule has 0 radical (unpaired) electrons. The summed E-state index contributed by atoms with van der Waals surface area (Å²) in [5, 5.41) is 3.82. The number of benzene rings is 1. The smallest absolute Gasteiger partial charge is 0.235 e. The molecule has 1 N–H and O–H groups in total. The van der Waals surface area contributed by atoms with Crippen molar-refractivity contribution in [2.24, 2.45) is 23.7 Å². The zero-order valence-electron chi connectivity index (χ0n) is 16.5. The van der Waals surface area contributed by atoms with Gasteiger partial charge in [0.05, 0.1) is 28.7 Å².